The van der Waals surface area contributed by atoms with Crippen LogP contribution in [-0.2, 0) is 4.74 Å². The topological polar surface area (TPSA) is 119 Å². The van der Waals surface area contributed by atoms with Crippen molar-refractivity contribution in [2.24, 2.45) is 5.92 Å². The highest BCUT2D eigenvalue weighted by molar-refractivity contribution is 5.70. The van der Waals surface area contributed by atoms with Crippen molar-refractivity contribution >= 4 is 17.1 Å². The van der Waals surface area contributed by atoms with Gasteiger partial charge in [-0.1, -0.05) is 6.92 Å². The van der Waals surface area contributed by atoms with Crippen molar-refractivity contribution in [2.45, 2.75) is 25.4 Å². The van der Waals surface area contributed by atoms with Crippen LogP contribution < -0.4 is 11.3 Å². The van der Waals surface area contributed by atoms with E-state index in [0.29, 0.717) is 0 Å². The number of aliphatic hydroxyl groups is 1. The van der Waals surface area contributed by atoms with Crippen molar-refractivity contribution < 1.29 is 14.2 Å². The number of aliphatic hydroxyl groups excluding tert-OH is 1. The Kier molecular flexibility index (Phi) is 2.76. The summed E-state index contributed by atoms with van der Waals surface area (Å²) >= 11 is 0. The Hall–Kier alpha value is -2.00. The molecule has 0 radical (unpaired) electrons. The van der Waals surface area contributed by atoms with Crippen LogP contribution in [0.1, 0.15) is 19.6 Å². The second kappa shape index (κ2) is 4.25. The second-order valence-electron chi connectivity index (χ2n) is 5.01. The van der Waals surface area contributed by atoms with Gasteiger partial charge in [-0.25, -0.2) is 9.37 Å². The van der Waals surface area contributed by atoms with Crippen molar-refractivity contribution in [3.05, 3.63) is 16.7 Å². The van der Waals surface area contributed by atoms with E-state index in [1.165, 1.54) is 10.9 Å². The van der Waals surface area contributed by atoms with Crippen molar-refractivity contribution in [2.75, 3.05) is 12.3 Å². The number of aromatic amines is 1. The fraction of sp³-hybridized carbons (Fsp3) is 0.545. The third kappa shape index (κ3) is 1.86. The molecular weight excluding hydrogens is 269 g/mol. The van der Waals surface area contributed by atoms with E-state index in [1.807, 2.05) is 0 Å². The lowest BCUT2D eigenvalue weighted by Crippen LogP contribution is -2.27. The van der Waals surface area contributed by atoms with Crippen LogP contribution >= 0.6 is 0 Å². The number of ether oxygens (including phenoxy) is 1. The molecule has 9 heteroatoms. The van der Waals surface area contributed by atoms with E-state index in [-0.39, 0.29) is 29.5 Å². The first-order chi connectivity index (χ1) is 9.43. The minimum atomic E-state index is -2.09. The zero-order chi connectivity index (χ0) is 14.5. The van der Waals surface area contributed by atoms with Crippen molar-refractivity contribution in [3.63, 3.8) is 0 Å². The van der Waals surface area contributed by atoms with E-state index in [1.54, 1.807) is 6.92 Å². The molecule has 1 aliphatic heterocycles. The summed E-state index contributed by atoms with van der Waals surface area (Å²) in [6.45, 7) is 1.06. The number of anilines is 1. The van der Waals surface area contributed by atoms with Gasteiger partial charge >= 0.3 is 0 Å². The Balaban J connectivity index is 2.10. The van der Waals surface area contributed by atoms with Crippen LogP contribution in [0.15, 0.2) is 11.1 Å². The molecule has 0 unspecified atom stereocenters. The zero-order valence-electron chi connectivity index (χ0n) is 10.7. The number of fused-ring (bicyclic) bond motifs is 1. The maximum Gasteiger partial charge on any atom is 0.280 e. The molecule has 20 heavy (non-hydrogen) atoms. The monoisotopic (exact) mass is 283 g/mol. The van der Waals surface area contributed by atoms with Gasteiger partial charge in [0, 0.05) is 12.3 Å². The minimum absolute atomic E-state index is 0.0481. The van der Waals surface area contributed by atoms with Gasteiger partial charge in [-0.2, -0.15) is 4.98 Å². The molecule has 1 aliphatic rings. The number of H-pyrrole nitrogens is 1. The quantitative estimate of drug-likeness (QED) is 0.709. The molecular formula is C11H14FN5O3. The number of halogens is 1. The largest absolute Gasteiger partial charge is 0.390 e. The van der Waals surface area contributed by atoms with Gasteiger partial charge in [-0.15, -0.1) is 0 Å². The fourth-order valence-corrected chi connectivity index (χ4v) is 2.52. The highest BCUT2D eigenvalue weighted by atomic mass is 19.2. The molecule has 2 aromatic heterocycles. The minimum Gasteiger partial charge on any atom is -0.390 e. The Morgan fingerprint density at radius 2 is 2.50 bits per heavy atom. The molecule has 0 bridgehead atoms. The number of imidazole rings is 1. The van der Waals surface area contributed by atoms with Crippen LogP contribution in [0.5, 0.6) is 0 Å². The molecule has 3 atom stereocenters. The van der Waals surface area contributed by atoms with Crippen LogP contribution in [0.4, 0.5) is 10.3 Å². The molecule has 3 rings (SSSR count). The summed E-state index contributed by atoms with van der Waals surface area (Å²) in [6.07, 6.45) is 0.703. The summed E-state index contributed by atoms with van der Waals surface area (Å²) in [7, 11) is 0. The van der Waals surface area contributed by atoms with Crippen molar-refractivity contribution in [1.82, 2.24) is 19.5 Å². The molecule has 0 spiro atoms. The molecule has 1 fully saturated rings. The number of nitrogens with two attached hydrogens (primary N) is 1. The van der Waals surface area contributed by atoms with Gasteiger partial charge in [0.05, 0.1) is 6.33 Å². The Morgan fingerprint density at radius 1 is 1.75 bits per heavy atom. The molecule has 4 N–H and O–H groups in total. The maximum absolute atomic E-state index is 14.1. The van der Waals surface area contributed by atoms with Gasteiger partial charge in [0.1, 0.15) is 12.8 Å². The molecule has 0 aliphatic carbocycles. The maximum atomic E-state index is 14.1. The first-order valence-corrected chi connectivity index (χ1v) is 6.13. The molecule has 0 saturated carbocycles. The molecule has 8 nitrogen and oxygen atoms in total. The van der Waals surface area contributed by atoms with E-state index >= 15 is 0 Å². The smallest absolute Gasteiger partial charge is 0.280 e. The summed E-state index contributed by atoms with van der Waals surface area (Å²) in [6, 6.07) is 0. The number of alkyl halides is 1. The Bertz CT molecular complexity index is 714. The van der Waals surface area contributed by atoms with Gasteiger partial charge in [0.25, 0.3) is 5.56 Å². The lowest BCUT2D eigenvalue weighted by molar-refractivity contribution is -0.177. The van der Waals surface area contributed by atoms with Crippen molar-refractivity contribution in [3.8, 4) is 0 Å². The number of rotatable bonds is 2. The third-order valence-corrected chi connectivity index (χ3v) is 3.41. The number of nitrogens with zero attached hydrogens (tertiary/aromatic N) is 3. The predicted molar refractivity (Wildman–Crippen MR) is 67.4 cm³/mol. The van der Waals surface area contributed by atoms with Gasteiger partial charge in [0.15, 0.2) is 11.2 Å². The van der Waals surface area contributed by atoms with Crippen molar-refractivity contribution in [1.29, 1.82) is 0 Å². The van der Waals surface area contributed by atoms with Gasteiger partial charge in [-0.05, 0) is 0 Å². The Labute approximate surface area is 112 Å². The Morgan fingerprint density at radius 3 is 3.15 bits per heavy atom. The highest BCUT2D eigenvalue weighted by Crippen LogP contribution is 2.42. The van der Waals surface area contributed by atoms with Crippen LogP contribution in [0.2, 0.25) is 0 Å². The zero-order valence-corrected chi connectivity index (χ0v) is 10.7. The van der Waals surface area contributed by atoms with Gasteiger partial charge < -0.3 is 15.6 Å². The second-order valence-corrected chi connectivity index (χ2v) is 5.01. The summed E-state index contributed by atoms with van der Waals surface area (Å²) in [4.78, 5) is 22.0. The number of nitrogens with one attached hydrogen (secondary N) is 1. The number of aromatic nitrogens is 4. The van der Waals surface area contributed by atoms with Crippen LogP contribution in [0, 0.1) is 5.92 Å². The molecule has 2 aromatic rings. The molecule has 1 saturated heterocycles. The first kappa shape index (κ1) is 13.0. The third-order valence-electron chi connectivity index (χ3n) is 3.41. The van der Waals surface area contributed by atoms with Crippen LogP contribution in [0.25, 0.3) is 11.2 Å². The standard InChI is InChI=1S/C11H14FN5O3/c1-5-2-11(12,3-18)20-9(5)17-4-14-6-7(17)15-10(13)16-8(6)19/h4-5,9,18H,2-3H2,1H3,(H3,13,15,16,19)/t5-,9+,11-/m0/s1. The molecule has 108 valence electrons. The number of hydrogen-bond donors (Lipinski definition) is 3. The molecule has 0 aromatic carbocycles. The SMILES string of the molecule is C[C@H]1C[C@@](F)(CO)O[C@H]1n1cnc2c(=O)[nH]c(N)nc21. The average Bonchev–Trinajstić information content (AvgIpc) is 2.91. The molecule has 0 amide bonds. The number of hydrogen-bond acceptors (Lipinski definition) is 6. The van der Waals surface area contributed by atoms with E-state index in [2.05, 4.69) is 15.0 Å². The summed E-state index contributed by atoms with van der Waals surface area (Å²) in [5.74, 6) is -2.36. The van der Waals surface area contributed by atoms with E-state index in [9.17, 15) is 9.18 Å². The summed E-state index contributed by atoms with van der Waals surface area (Å²) in [5, 5.41) is 9.04. The lowest BCUT2D eigenvalue weighted by atomic mass is 10.1. The van der Waals surface area contributed by atoms with Crippen LogP contribution in [-0.4, -0.2) is 37.1 Å². The highest BCUT2D eigenvalue weighted by Gasteiger charge is 2.46. The van der Waals surface area contributed by atoms with E-state index in [0.717, 1.165) is 0 Å². The van der Waals surface area contributed by atoms with E-state index < -0.39 is 24.2 Å². The summed E-state index contributed by atoms with van der Waals surface area (Å²) < 4.78 is 20.8. The van der Waals surface area contributed by atoms with Gasteiger partial charge in [0.2, 0.25) is 11.8 Å². The lowest BCUT2D eigenvalue weighted by Gasteiger charge is -2.19. The first-order valence-electron chi connectivity index (χ1n) is 6.13. The number of nitrogen functional groups attached to an aromatic ring is 1. The summed E-state index contributed by atoms with van der Waals surface area (Å²) in [5.41, 5.74) is 5.37. The average molecular weight is 283 g/mol. The van der Waals surface area contributed by atoms with Crippen LogP contribution in [0.3, 0.4) is 0 Å². The normalized spacial score (nSPS) is 30.1. The van der Waals surface area contributed by atoms with Gasteiger partial charge in [-0.3, -0.25) is 14.3 Å². The predicted octanol–water partition coefficient (Wildman–Crippen LogP) is -0.0851. The molecule has 3 heterocycles. The van der Waals surface area contributed by atoms with E-state index in [4.69, 9.17) is 15.6 Å². The fourth-order valence-electron chi connectivity index (χ4n) is 2.52.